The molecule has 6 nitrogen and oxygen atoms in total. The molecule has 7 heteroatoms. The van der Waals surface area contributed by atoms with Gasteiger partial charge in [-0.25, -0.2) is 4.39 Å². The van der Waals surface area contributed by atoms with Crippen molar-refractivity contribution in [1.82, 2.24) is 5.32 Å². The molecule has 1 amide bonds. The molecule has 164 valence electrons. The molecule has 32 heavy (non-hydrogen) atoms. The average Bonchev–Trinajstić information content (AvgIpc) is 3.41. The molecule has 0 saturated carbocycles. The third-order valence-electron chi connectivity index (χ3n) is 5.48. The lowest BCUT2D eigenvalue weighted by Crippen LogP contribution is -2.24. The number of aromatic hydroxyl groups is 1. The lowest BCUT2D eigenvalue weighted by atomic mass is 10.00. The summed E-state index contributed by atoms with van der Waals surface area (Å²) in [5.41, 5.74) is 5.33. The van der Waals surface area contributed by atoms with Gasteiger partial charge in [0.15, 0.2) is 11.5 Å². The van der Waals surface area contributed by atoms with Gasteiger partial charge in [-0.2, -0.15) is 0 Å². The minimum atomic E-state index is -0.357. The van der Waals surface area contributed by atoms with Crippen LogP contribution in [0.3, 0.4) is 0 Å². The van der Waals surface area contributed by atoms with Crippen molar-refractivity contribution in [2.75, 3.05) is 20.8 Å². The predicted molar refractivity (Wildman–Crippen MR) is 119 cm³/mol. The van der Waals surface area contributed by atoms with Gasteiger partial charge in [0, 0.05) is 6.54 Å². The number of hydrogen-bond donors (Lipinski definition) is 2. The molecular formula is C25H22FNO5. The normalized spacial score (nSPS) is 13.9. The fourth-order valence-electron chi connectivity index (χ4n) is 3.81. The maximum Gasteiger partial charge on any atom is 0.254 e. The fourth-order valence-corrected chi connectivity index (χ4v) is 3.81. The van der Waals surface area contributed by atoms with Gasteiger partial charge in [-0.1, -0.05) is 6.07 Å². The zero-order chi connectivity index (χ0) is 22.8. The molecule has 1 heterocycles. The summed E-state index contributed by atoms with van der Waals surface area (Å²) in [6.45, 7) is 2.16. The number of amides is 1. The monoisotopic (exact) mass is 435 g/mol. The van der Waals surface area contributed by atoms with Gasteiger partial charge in [0.2, 0.25) is 5.75 Å². The maximum absolute atomic E-state index is 14.1. The third-order valence-corrected chi connectivity index (χ3v) is 5.48. The Kier molecular flexibility index (Phi) is 5.73. The number of phenolic OH excluding ortho intramolecular Hbond substituents is 1. The van der Waals surface area contributed by atoms with E-state index in [1.807, 2.05) is 13.0 Å². The molecular weight excluding hydrogens is 413 g/mol. The van der Waals surface area contributed by atoms with Crippen LogP contribution in [0.1, 0.15) is 34.0 Å². The number of nitrogens with one attached hydrogen (secondary N) is 1. The van der Waals surface area contributed by atoms with Gasteiger partial charge >= 0.3 is 0 Å². The lowest BCUT2D eigenvalue weighted by molar-refractivity contribution is 0.0958. The molecule has 0 fully saturated rings. The van der Waals surface area contributed by atoms with Gasteiger partial charge in [-0.05, 0) is 76.7 Å². The maximum atomic E-state index is 14.1. The lowest BCUT2D eigenvalue weighted by Gasteiger charge is -2.11. The topological polar surface area (TPSA) is 80.9 Å². The molecule has 2 N–H and O–H groups in total. The van der Waals surface area contributed by atoms with Crippen LogP contribution in [0, 0.1) is 5.82 Å². The van der Waals surface area contributed by atoms with Crippen LogP contribution in [0.5, 0.6) is 17.2 Å². The first-order chi connectivity index (χ1) is 15.4. The van der Waals surface area contributed by atoms with E-state index in [0.717, 1.165) is 33.4 Å². The van der Waals surface area contributed by atoms with Crippen molar-refractivity contribution in [1.29, 1.82) is 0 Å². The Balaban J connectivity index is 1.75. The minimum Gasteiger partial charge on any atom is -0.502 e. The first kappa shape index (κ1) is 21.2. The van der Waals surface area contributed by atoms with Crippen LogP contribution in [0.25, 0.3) is 17.2 Å². The number of fused-ring (bicyclic) bond motifs is 1. The van der Waals surface area contributed by atoms with Gasteiger partial charge in [0.1, 0.15) is 12.1 Å². The van der Waals surface area contributed by atoms with Crippen LogP contribution in [0.2, 0.25) is 0 Å². The van der Waals surface area contributed by atoms with E-state index in [0.29, 0.717) is 5.56 Å². The van der Waals surface area contributed by atoms with Crippen molar-refractivity contribution < 1.29 is 28.2 Å². The van der Waals surface area contributed by atoms with Gasteiger partial charge in [0.25, 0.3) is 5.91 Å². The van der Waals surface area contributed by atoms with Gasteiger partial charge in [-0.15, -0.1) is 0 Å². The SMILES string of the molecule is COc1cc(C=C2C(C)=C(CNC(=O)c3ccoc3)c3cc(F)ccc32)cc(OC)c1O. The summed E-state index contributed by atoms with van der Waals surface area (Å²) in [6, 6.07) is 9.57. The number of ether oxygens (including phenoxy) is 2. The highest BCUT2D eigenvalue weighted by atomic mass is 19.1. The highest BCUT2D eigenvalue weighted by Gasteiger charge is 2.25. The Morgan fingerprint density at radius 3 is 2.47 bits per heavy atom. The van der Waals surface area contributed by atoms with E-state index < -0.39 is 0 Å². The van der Waals surface area contributed by atoms with Crippen molar-refractivity contribution in [3.8, 4) is 17.2 Å². The molecule has 1 aromatic heterocycles. The summed E-state index contributed by atoms with van der Waals surface area (Å²) in [5.74, 6) is -0.154. The second-order valence-electron chi connectivity index (χ2n) is 7.32. The number of furan rings is 1. The molecule has 1 aliphatic carbocycles. The van der Waals surface area contributed by atoms with Crippen LogP contribution in [0.4, 0.5) is 4.39 Å². The molecule has 3 aromatic rings. The highest BCUT2D eigenvalue weighted by molar-refractivity contribution is 6.06. The second-order valence-corrected chi connectivity index (χ2v) is 7.32. The number of allylic oxidation sites excluding steroid dienone is 2. The molecule has 0 aliphatic heterocycles. The van der Waals surface area contributed by atoms with E-state index in [1.54, 1.807) is 24.3 Å². The van der Waals surface area contributed by atoms with Gasteiger partial charge in [0.05, 0.1) is 26.0 Å². The molecule has 0 atom stereocenters. The number of halogens is 1. The molecule has 1 aliphatic rings. The summed E-state index contributed by atoms with van der Waals surface area (Å²) in [6.07, 6.45) is 4.72. The molecule has 4 rings (SSSR count). The molecule has 0 unspecified atom stereocenters. The van der Waals surface area contributed by atoms with Crippen molar-refractivity contribution >= 4 is 23.1 Å². The fraction of sp³-hybridized carbons (Fsp3) is 0.160. The van der Waals surface area contributed by atoms with Crippen molar-refractivity contribution in [2.45, 2.75) is 6.92 Å². The Morgan fingerprint density at radius 2 is 1.84 bits per heavy atom. The summed E-state index contributed by atoms with van der Waals surface area (Å²) in [4.78, 5) is 12.4. The zero-order valence-corrected chi connectivity index (χ0v) is 17.9. The number of phenols is 1. The van der Waals surface area contributed by atoms with Crippen LogP contribution in [0.15, 0.2) is 58.9 Å². The first-order valence-corrected chi connectivity index (χ1v) is 9.90. The summed E-state index contributed by atoms with van der Waals surface area (Å²) < 4.78 is 29.5. The number of rotatable bonds is 6. The van der Waals surface area contributed by atoms with Crippen LogP contribution in [-0.4, -0.2) is 31.8 Å². The van der Waals surface area contributed by atoms with E-state index in [4.69, 9.17) is 13.9 Å². The second kappa shape index (κ2) is 8.63. The van der Waals surface area contributed by atoms with Crippen molar-refractivity contribution in [2.24, 2.45) is 0 Å². The molecule has 2 aromatic carbocycles. The molecule has 0 spiro atoms. The average molecular weight is 435 g/mol. The Morgan fingerprint density at radius 1 is 1.12 bits per heavy atom. The number of methoxy groups -OCH3 is 2. The van der Waals surface area contributed by atoms with Crippen molar-refractivity contribution in [3.05, 3.63) is 82.6 Å². The zero-order valence-electron chi connectivity index (χ0n) is 17.9. The number of hydrogen-bond acceptors (Lipinski definition) is 5. The highest BCUT2D eigenvalue weighted by Crippen LogP contribution is 2.44. The van der Waals surface area contributed by atoms with E-state index in [9.17, 15) is 14.3 Å². The van der Waals surface area contributed by atoms with Crippen LogP contribution >= 0.6 is 0 Å². The quantitative estimate of drug-likeness (QED) is 0.576. The minimum absolute atomic E-state index is 0.0824. The van der Waals surface area contributed by atoms with Crippen LogP contribution in [-0.2, 0) is 0 Å². The molecule has 0 radical (unpaired) electrons. The predicted octanol–water partition coefficient (Wildman–Crippen LogP) is 4.90. The standard InChI is InChI=1S/C25H22FNO5/c1-14-19(8-15-9-22(30-2)24(28)23(10-15)31-3)18-5-4-17(26)11-20(18)21(14)12-27-25(29)16-6-7-32-13-16/h4-11,13,28H,12H2,1-3H3,(H,27,29). The smallest absolute Gasteiger partial charge is 0.254 e. The van der Waals surface area contributed by atoms with E-state index in [-0.39, 0.29) is 35.5 Å². The van der Waals surface area contributed by atoms with Gasteiger partial charge < -0.3 is 24.3 Å². The van der Waals surface area contributed by atoms with Gasteiger partial charge in [-0.3, -0.25) is 4.79 Å². The first-order valence-electron chi connectivity index (χ1n) is 9.90. The number of benzene rings is 2. The van der Waals surface area contributed by atoms with E-state index in [1.165, 1.54) is 38.9 Å². The third kappa shape index (κ3) is 3.85. The number of carbonyl (C=O) groups is 1. The summed E-state index contributed by atoms with van der Waals surface area (Å²) in [7, 11) is 2.93. The Labute approximate surface area is 184 Å². The Bertz CT molecular complexity index is 1220. The molecule has 0 bridgehead atoms. The Hall–Kier alpha value is -4.00. The summed E-state index contributed by atoms with van der Waals surface area (Å²) >= 11 is 0. The molecule has 0 saturated heterocycles. The van der Waals surface area contributed by atoms with Crippen molar-refractivity contribution in [3.63, 3.8) is 0 Å². The van der Waals surface area contributed by atoms with E-state index >= 15 is 0 Å². The summed E-state index contributed by atoms with van der Waals surface area (Å²) in [5, 5.41) is 13.1. The largest absolute Gasteiger partial charge is 0.502 e. The number of carbonyl (C=O) groups excluding carboxylic acids is 1. The van der Waals surface area contributed by atoms with E-state index in [2.05, 4.69) is 5.32 Å². The van der Waals surface area contributed by atoms with Crippen LogP contribution < -0.4 is 14.8 Å².